The minimum Gasteiger partial charge on any atom is -0.456 e. The summed E-state index contributed by atoms with van der Waals surface area (Å²) in [4.78, 5) is 15.1. The van der Waals surface area contributed by atoms with Gasteiger partial charge in [0, 0.05) is 43.9 Å². The molecule has 3 heterocycles. The molecule has 8 aromatic carbocycles. The molecule has 0 aliphatic heterocycles. The van der Waals surface area contributed by atoms with Crippen molar-refractivity contribution in [1.82, 2.24) is 19.5 Å². The largest absolute Gasteiger partial charge is 0.456 e. The van der Waals surface area contributed by atoms with E-state index >= 15 is 0 Å². The minimum atomic E-state index is 0.631. The van der Waals surface area contributed by atoms with Crippen molar-refractivity contribution >= 4 is 65.3 Å². The van der Waals surface area contributed by atoms with E-state index in [0.717, 1.165) is 76.9 Å². The van der Waals surface area contributed by atoms with Gasteiger partial charge in [-0.1, -0.05) is 115 Å². The highest BCUT2D eigenvalue weighted by Gasteiger charge is 2.23. The third-order valence-corrected chi connectivity index (χ3v) is 9.99. The summed E-state index contributed by atoms with van der Waals surface area (Å²) in [5.41, 5.74) is 8.03. The van der Waals surface area contributed by atoms with Crippen LogP contribution in [0.4, 0.5) is 0 Å². The van der Waals surface area contributed by atoms with Crippen molar-refractivity contribution in [2.45, 2.75) is 0 Å². The summed E-state index contributed by atoms with van der Waals surface area (Å²) in [5, 5.41) is 9.29. The van der Waals surface area contributed by atoms with Crippen LogP contribution < -0.4 is 0 Å². The Kier molecular flexibility index (Phi) is 5.60. The van der Waals surface area contributed by atoms with Crippen LogP contribution in [-0.2, 0) is 0 Å². The average Bonchev–Trinajstić information content (AvgIpc) is 3.74. The predicted molar refractivity (Wildman–Crippen MR) is 204 cm³/mol. The van der Waals surface area contributed by atoms with Gasteiger partial charge in [0.2, 0.25) is 0 Å². The number of aromatic nitrogens is 4. The van der Waals surface area contributed by atoms with Gasteiger partial charge in [0.15, 0.2) is 17.5 Å². The highest BCUT2D eigenvalue weighted by Crippen LogP contribution is 2.47. The number of hydrogen-bond acceptors (Lipinski definition) is 4. The highest BCUT2D eigenvalue weighted by molar-refractivity contribution is 6.38. The third kappa shape index (κ3) is 3.86. The molecule has 11 rings (SSSR count). The fourth-order valence-corrected chi connectivity index (χ4v) is 7.84. The van der Waals surface area contributed by atoms with Crippen LogP contribution in [0.1, 0.15) is 0 Å². The van der Waals surface area contributed by atoms with Crippen molar-refractivity contribution in [3.63, 3.8) is 0 Å². The normalized spacial score (nSPS) is 12.0. The summed E-state index contributed by atoms with van der Waals surface area (Å²) in [7, 11) is 0. The first-order valence-corrected chi connectivity index (χ1v) is 16.8. The molecule has 0 spiro atoms. The van der Waals surface area contributed by atoms with E-state index in [9.17, 15) is 0 Å². The predicted octanol–water partition coefficient (Wildman–Crippen LogP) is 11.6. The first-order chi connectivity index (χ1) is 24.8. The lowest BCUT2D eigenvalue weighted by molar-refractivity contribution is 0.669. The van der Waals surface area contributed by atoms with Gasteiger partial charge in [-0.05, 0) is 64.0 Å². The van der Waals surface area contributed by atoms with Gasteiger partial charge in [0.25, 0.3) is 0 Å². The molecule has 0 amide bonds. The summed E-state index contributed by atoms with van der Waals surface area (Å²) in [6.45, 7) is 0. The van der Waals surface area contributed by atoms with E-state index < -0.39 is 0 Å². The number of rotatable bonds is 4. The number of fused-ring (bicyclic) bond motifs is 3. The quantitative estimate of drug-likeness (QED) is 0.192. The zero-order chi connectivity index (χ0) is 32.8. The molecule has 5 nitrogen and oxygen atoms in total. The van der Waals surface area contributed by atoms with E-state index in [4.69, 9.17) is 19.4 Å². The molecule has 0 fully saturated rings. The van der Waals surface area contributed by atoms with E-state index in [1.54, 1.807) is 0 Å². The zero-order valence-corrected chi connectivity index (χ0v) is 26.7. The van der Waals surface area contributed by atoms with Crippen LogP contribution in [0.2, 0.25) is 0 Å². The van der Waals surface area contributed by atoms with Crippen LogP contribution in [0, 0.1) is 0 Å². The van der Waals surface area contributed by atoms with E-state index in [-0.39, 0.29) is 0 Å². The Bertz CT molecular complexity index is 3010. The fourth-order valence-electron chi connectivity index (χ4n) is 7.84. The molecule has 50 heavy (non-hydrogen) atoms. The summed E-state index contributed by atoms with van der Waals surface area (Å²) in [6, 6.07) is 54.9. The maximum Gasteiger partial charge on any atom is 0.164 e. The van der Waals surface area contributed by atoms with E-state index in [1.165, 1.54) is 10.8 Å². The zero-order valence-electron chi connectivity index (χ0n) is 26.7. The fraction of sp³-hybridized carbons (Fsp3) is 0. The lowest BCUT2D eigenvalue weighted by Gasteiger charge is -2.11. The van der Waals surface area contributed by atoms with Gasteiger partial charge in [-0.15, -0.1) is 0 Å². The summed E-state index contributed by atoms with van der Waals surface area (Å²) >= 11 is 0. The van der Waals surface area contributed by atoms with Gasteiger partial charge in [-0.3, -0.25) is 0 Å². The highest BCUT2D eigenvalue weighted by atomic mass is 16.3. The van der Waals surface area contributed by atoms with Gasteiger partial charge in [0.1, 0.15) is 11.2 Å². The molecule has 0 bridgehead atoms. The van der Waals surface area contributed by atoms with Crippen LogP contribution in [0.25, 0.3) is 105 Å². The number of furan rings is 1. The van der Waals surface area contributed by atoms with E-state index in [2.05, 4.69) is 102 Å². The maximum absolute atomic E-state index is 6.57. The second kappa shape index (κ2) is 10.3. The molecule has 232 valence electrons. The van der Waals surface area contributed by atoms with Crippen LogP contribution in [0.5, 0.6) is 0 Å². The Balaban J connectivity index is 1.29. The topological polar surface area (TPSA) is 56.7 Å². The smallest absolute Gasteiger partial charge is 0.164 e. The third-order valence-electron chi connectivity index (χ3n) is 9.99. The van der Waals surface area contributed by atoms with Crippen molar-refractivity contribution in [3.8, 4) is 39.9 Å². The maximum atomic E-state index is 6.57. The van der Waals surface area contributed by atoms with Gasteiger partial charge < -0.3 is 8.98 Å². The standard InChI is InChI=1S/C45H26N4O/c1-4-12-27(13-5-1)43-46-44(28-14-6-2-7-15-28)48-45(47-43)29-22-23-31-32-19-11-21-37-40(32)42-38(50-37)25-24-36-41(42)39-33(34(31)26-29)18-10-20-35(39)49(36)30-16-8-3-9-17-30/h1-26H. The molecule has 0 saturated heterocycles. The van der Waals surface area contributed by atoms with Crippen molar-refractivity contribution < 1.29 is 4.42 Å². The Morgan fingerprint density at radius 1 is 0.360 bits per heavy atom. The first kappa shape index (κ1) is 27.1. The molecular formula is C45H26N4O. The molecule has 0 N–H and O–H groups in total. The molecule has 0 atom stereocenters. The minimum absolute atomic E-state index is 0.631. The van der Waals surface area contributed by atoms with Gasteiger partial charge >= 0.3 is 0 Å². The molecule has 3 aromatic heterocycles. The van der Waals surface area contributed by atoms with Gasteiger partial charge in [-0.2, -0.15) is 0 Å². The summed E-state index contributed by atoms with van der Waals surface area (Å²) in [6.07, 6.45) is 0. The number of benzene rings is 7. The monoisotopic (exact) mass is 638 g/mol. The Hall–Kier alpha value is -6.85. The molecular weight excluding hydrogens is 613 g/mol. The molecule has 0 unspecified atom stereocenters. The second-order valence-electron chi connectivity index (χ2n) is 12.8. The van der Waals surface area contributed by atoms with Gasteiger partial charge in [-0.25, -0.2) is 15.0 Å². The summed E-state index contributed by atoms with van der Waals surface area (Å²) in [5.74, 6) is 1.92. The SMILES string of the molecule is c1ccc(-c2nc(-c3ccccc3)nc(-c3ccc4c(c3)c3cccc5c3c3c6c(ccc3n5-c3ccccc3)oc3cccc4c36)n2)cc1. The number of para-hydroxylation sites is 1. The van der Waals surface area contributed by atoms with Crippen LogP contribution >= 0.6 is 0 Å². The Labute approximate surface area is 286 Å². The molecule has 0 saturated carbocycles. The summed E-state index contributed by atoms with van der Waals surface area (Å²) < 4.78 is 8.96. The Morgan fingerprint density at radius 2 is 0.940 bits per heavy atom. The lowest BCUT2D eigenvalue weighted by Crippen LogP contribution is -2.00. The molecule has 0 radical (unpaired) electrons. The van der Waals surface area contributed by atoms with Crippen LogP contribution in [-0.4, -0.2) is 19.5 Å². The second-order valence-corrected chi connectivity index (χ2v) is 12.8. The van der Waals surface area contributed by atoms with Crippen LogP contribution in [0.15, 0.2) is 162 Å². The van der Waals surface area contributed by atoms with E-state index in [1.807, 2.05) is 60.7 Å². The average molecular weight is 639 g/mol. The van der Waals surface area contributed by atoms with Crippen LogP contribution in [0.3, 0.4) is 0 Å². The lowest BCUT2D eigenvalue weighted by atomic mass is 9.93. The van der Waals surface area contributed by atoms with Crippen molar-refractivity contribution in [3.05, 3.63) is 158 Å². The van der Waals surface area contributed by atoms with E-state index in [0.29, 0.717) is 17.5 Å². The van der Waals surface area contributed by atoms with Crippen molar-refractivity contribution in [1.29, 1.82) is 0 Å². The molecule has 11 aromatic rings. The Morgan fingerprint density at radius 3 is 1.64 bits per heavy atom. The number of nitrogens with zero attached hydrogens (tertiary/aromatic N) is 4. The molecule has 5 heteroatoms. The van der Waals surface area contributed by atoms with Gasteiger partial charge in [0.05, 0.1) is 11.0 Å². The molecule has 0 aliphatic carbocycles. The first-order valence-electron chi connectivity index (χ1n) is 16.8. The number of hydrogen-bond donors (Lipinski definition) is 0. The van der Waals surface area contributed by atoms with Crippen molar-refractivity contribution in [2.75, 3.05) is 0 Å². The molecule has 0 aliphatic rings. The van der Waals surface area contributed by atoms with Crippen molar-refractivity contribution in [2.24, 2.45) is 0 Å².